The lowest BCUT2D eigenvalue weighted by molar-refractivity contribution is -0.431. The lowest BCUT2D eigenvalue weighted by Crippen LogP contribution is -2.60. The van der Waals surface area contributed by atoms with Gasteiger partial charge in [0, 0.05) is 5.41 Å². The average Bonchev–Trinajstić information content (AvgIpc) is 2.51. The maximum Gasteiger partial charge on any atom is 0.326 e. The maximum atomic E-state index is 8.43. The van der Waals surface area contributed by atoms with Crippen LogP contribution in [-0.2, 0) is 18.9 Å². The van der Waals surface area contributed by atoms with Gasteiger partial charge in [-0.05, 0) is 6.42 Å². The molecule has 0 saturated carbocycles. The number of oxime groups is 1. The Balaban J connectivity index is 0.000000270. The number of fused-ring (bicyclic) bond motifs is 3. The van der Waals surface area contributed by atoms with Crippen molar-refractivity contribution in [2.75, 3.05) is 33.0 Å². The molecule has 6 heteroatoms. The molecule has 0 unspecified atom stereocenters. The topological polar surface area (TPSA) is 69.5 Å². The van der Waals surface area contributed by atoms with Crippen LogP contribution in [0.4, 0.5) is 0 Å². The highest BCUT2D eigenvalue weighted by Gasteiger charge is 2.51. The Labute approximate surface area is 125 Å². The predicted molar refractivity (Wildman–Crippen MR) is 76.7 cm³/mol. The van der Waals surface area contributed by atoms with Crippen molar-refractivity contribution in [3.63, 3.8) is 0 Å². The summed E-state index contributed by atoms with van der Waals surface area (Å²) in [6.07, 6.45) is 12.9. The minimum atomic E-state index is -1.23. The van der Waals surface area contributed by atoms with Crippen molar-refractivity contribution in [2.24, 2.45) is 10.6 Å². The third-order valence-electron chi connectivity index (χ3n) is 3.11. The third-order valence-corrected chi connectivity index (χ3v) is 3.11. The Morgan fingerprint density at radius 1 is 1.19 bits per heavy atom. The van der Waals surface area contributed by atoms with Crippen molar-refractivity contribution in [1.29, 1.82) is 0 Å². The smallest absolute Gasteiger partial charge is 0.326 e. The Hall–Kier alpha value is -1.57. The number of nitrogens with zero attached hydrogens (tertiary/aromatic N) is 1. The molecule has 0 aliphatic carbocycles. The van der Waals surface area contributed by atoms with Crippen LogP contribution in [0.2, 0.25) is 0 Å². The van der Waals surface area contributed by atoms with E-state index >= 15 is 0 Å². The van der Waals surface area contributed by atoms with E-state index in [1.165, 1.54) is 0 Å². The van der Waals surface area contributed by atoms with Crippen LogP contribution < -0.4 is 0 Å². The molecule has 3 aliphatic heterocycles. The van der Waals surface area contributed by atoms with Crippen molar-refractivity contribution in [1.82, 2.24) is 0 Å². The largest absolute Gasteiger partial charge is 0.411 e. The fourth-order valence-electron chi connectivity index (χ4n) is 2.11. The fourth-order valence-corrected chi connectivity index (χ4v) is 2.11. The molecule has 3 rings (SSSR count). The molecule has 2 bridgehead atoms. The van der Waals surface area contributed by atoms with Gasteiger partial charge in [-0.2, -0.15) is 0 Å². The zero-order valence-corrected chi connectivity index (χ0v) is 12.2. The molecule has 0 aromatic carbocycles. The molecule has 116 valence electrons. The van der Waals surface area contributed by atoms with Gasteiger partial charge in [-0.3, -0.25) is 0 Å². The zero-order chi connectivity index (χ0) is 15.6. The average molecular weight is 295 g/mol. The van der Waals surface area contributed by atoms with Crippen LogP contribution in [0.15, 0.2) is 5.16 Å². The second kappa shape index (κ2) is 8.66. The van der Waals surface area contributed by atoms with Crippen LogP contribution >= 0.6 is 0 Å². The summed E-state index contributed by atoms with van der Waals surface area (Å²) < 4.78 is 20.9. The van der Waals surface area contributed by atoms with E-state index in [-0.39, 0.29) is 5.41 Å². The molecule has 3 fully saturated rings. The van der Waals surface area contributed by atoms with Crippen molar-refractivity contribution in [3.8, 4) is 24.7 Å². The first-order valence-electron chi connectivity index (χ1n) is 6.71. The van der Waals surface area contributed by atoms with Crippen molar-refractivity contribution in [3.05, 3.63) is 0 Å². The van der Waals surface area contributed by atoms with Crippen molar-refractivity contribution < 1.29 is 24.2 Å². The molecule has 3 heterocycles. The first-order valence-corrected chi connectivity index (χ1v) is 6.71. The highest BCUT2D eigenvalue weighted by Crippen LogP contribution is 2.40. The first kappa shape index (κ1) is 17.5. The molecular weight excluding hydrogens is 274 g/mol. The van der Waals surface area contributed by atoms with Crippen LogP contribution in [0.3, 0.4) is 0 Å². The summed E-state index contributed by atoms with van der Waals surface area (Å²) in [6, 6.07) is 0. The molecule has 21 heavy (non-hydrogen) atoms. The normalized spacial score (nSPS) is 30.2. The molecule has 0 aromatic heterocycles. The second-order valence-electron chi connectivity index (χ2n) is 4.87. The van der Waals surface area contributed by atoms with E-state index in [0.717, 1.165) is 19.1 Å². The summed E-state index contributed by atoms with van der Waals surface area (Å²) in [5.41, 5.74) is -0.000203. The highest BCUT2D eigenvalue weighted by molar-refractivity contribution is 5.64. The number of hydrogen-bond donors (Lipinski definition) is 1. The van der Waals surface area contributed by atoms with Gasteiger partial charge in [-0.1, -0.05) is 30.3 Å². The zero-order valence-electron chi connectivity index (χ0n) is 12.2. The summed E-state index contributed by atoms with van der Waals surface area (Å²) in [7, 11) is 0. The van der Waals surface area contributed by atoms with Gasteiger partial charge < -0.3 is 24.2 Å². The van der Waals surface area contributed by atoms with E-state index in [4.69, 9.17) is 32.3 Å². The quantitative estimate of drug-likeness (QED) is 0.272. The molecule has 3 aliphatic rings. The number of terminal acetylenes is 2. The monoisotopic (exact) mass is 295 g/mol. The first-order chi connectivity index (χ1) is 10.2. The molecule has 6 nitrogen and oxygen atoms in total. The van der Waals surface area contributed by atoms with Gasteiger partial charge in [0.05, 0.1) is 19.8 Å². The molecular formula is C15H21NO5. The van der Waals surface area contributed by atoms with E-state index in [1.54, 1.807) is 0 Å². The fraction of sp³-hybridized carbons (Fsp3) is 0.667. The van der Waals surface area contributed by atoms with Gasteiger partial charge in [-0.15, -0.1) is 12.8 Å². The van der Waals surface area contributed by atoms with Gasteiger partial charge in [0.1, 0.15) is 19.4 Å². The Kier molecular flexibility index (Phi) is 7.21. The Morgan fingerprint density at radius 3 is 2.10 bits per heavy atom. The molecule has 0 radical (unpaired) electrons. The lowest BCUT2D eigenvalue weighted by Gasteiger charge is -2.50. The maximum absolute atomic E-state index is 8.43. The number of ether oxygens (including phenoxy) is 4. The summed E-state index contributed by atoms with van der Waals surface area (Å²) in [4.78, 5) is 0. The highest BCUT2D eigenvalue weighted by atomic mass is 16.9. The number of rotatable bonds is 5. The third kappa shape index (κ3) is 5.04. The van der Waals surface area contributed by atoms with Gasteiger partial charge >= 0.3 is 5.97 Å². The van der Waals surface area contributed by atoms with E-state index in [1.807, 2.05) is 0 Å². The second-order valence-corrected chi connectivity index (χ2v) is 4.87. The summed E-state index contributed by atoms with van der Waals surface area (Å²) in [6.45, 7) is 4.56. The van der Waals surface area contributed by atoms with Gasteiger partial charge in [-0.25, -0.2) is 0 Å². The van der Waals surface area contributed by atoms with E-state index in [2.05, 4.69) is 28.7 Å². The van der Waals surface area contributed by atoms with Crippen LogP contribution in [-0.4, -0.2) is 50.4 Å². The molecule has 0 atom stereocenters. The van der Waals surface area contributed by atoms with Crippen LogP contribution in [0.1, 0.15) is 19.8 Å². The van der Waals surface area contributed by atoms with E-state index < -0.39 is 5.97 Å². The minimum absolute atomic E-state index is 0.000203. The van der Waals surface area contributed by atoms with Gasteiger partial charge in [0.2, 0.25) is 0 Å². The van der Waals surface area contributed by atoms with Crippen molar-refractivity contribution in [2.45, 2.75) is 25.7 Å². The van der Waals surface area contributed by atoms with E-state index in [9.17, 15) is 0 Å². The summed E-state index contributed by atoms with van der Waals surface area (Å²) in [5, 5.41) is 11.3. The van der Waals surface area contributed by atoms with Crippen molar-refractivity contribution >= 4 is 6.21 Å². The lowest BCUT2D eigenvalue weighted by atomic mass is 9.84. The molecule has 0 spiro atoms. The molecule has 1 N–H and O–H groups in total. The molecule has 3 saturated heterocycles. The SMILES string of the molecule is C#CCOCC#C.CCCC12COC(C=NO)(OC1)OC2. The Bertz CT molecular complexity index is 382. The van der Waals surface area contributed by atoms with E-state index in [0.29, 0.717) is 33.0 Å². The van der Waals surface area contributed by atoms with Gasteiger partial charge in [0.25, 0.3) is 0 Å². The summed E-state index contributed by atoms with van der Waals surface area (Å²) in [5.74, 6) is 3.34. The van der Waals surface area contributed by atoms with Gasteiger partial charge in [0.15, 0.2) is 0 Å². The number of hydrogen-bond acceptors (Lipinski definition) is 6. The Morgan fingerprint density at radius 2 is 1.71 bits per heavy atom. The standard InChI is InChI=1S/C9H15NO4.C6H6O/c1-2-3-8-5-12-9(4-10-11,13-6-8)14-7-8;1-3-5-7-6-4-2/h4,11H,2-3,5-7H2,1H3;1-2H,5-6H2. The predicted octanol–water partition coefficient (Wildman–Crippen LogP) is 1.23. The van der Waals surface area contributed by atoms with Crippen LogP contribution in [0, 0.1) is 30.1 Å². The molecule has 0 aromatic rings. The van der Waals surface area contributed by atoms with Crippen LogP contribution in [0.5, 0.6) is 0 Å². The summed E-state index contributed by atoms with van der Waals surface area (Å²) >= 11 is 0. The minimum Gasteiger partial charge on any atom is -0.411 e. The molecule has 0 amide bonds. The van der Waals surface area contributed by atoms with Crippen LogP contribution in [0.25, 0.3) is 0 Å².